The van der Waals surface area contributed by atoms with Crippen molar-refractivity contribution in [2.45, 2.75) is 18.7 Å². The molecule has 16 heteroatoms. The monoisotopic (exact) mass is 666 g/mol. The molecule has 0 saturated carbocycles. The van der Waals surface area contributed by atoms with Gasteiger partial charge in [-0.3, -0.25) is 4.72 Å². The molecular formula is C28H26ClF3N6O4S2. The van der Waals surface area contributed by atoms with E-state index in [-0.39, 0.29) is 22.5 Å². The number of carbonyl (C=O) groups is 1. The van der Waals surface area contributed by atoms with Gasteiger partial charge < -0.3 is 14.5 Å². The third kappa shape index (κ3) is 6.89. The van der Waals surface area contributed by atoms with E-state index in [4.69, 9.17) is 21.3 Å². The van der Waals surface area contributed by atoms with Gasteiger partial charge in [-0.05, 0) is 53.9 Å². The van der Waals surface area contributed by atoms with Crippen LogP contribution in [0.1, 0.15) is 13.8 Å². The van der Waals surface area contributed by atoms with Crippen LogP contribution in [-0.4, -0.2) is 67.1 Å². The molecule has 1 N–H and O–H groups in total. The molecule has 44 heavy (non-hydrogen) atoms. The van der Waals surface area contributed by atoms with Gasteiger partial charge in [-0.15, -0.1) is 0 Å². The van der Waals surface area contributed by atoms with Crippen LogP contribution in [0.15, 0.2) is 53.6 Å². The first-order valence-electron chi connectivity index (χ1n) is 13.4. The Hall–Kier alpha value is -3.95. The van der Waals surface area contributed by atoms with E-state index in [2.05, 4.69) is 9.97 Å². The van der Waals surface area contributed by atoms with Crippen molar-refractivity contribution in [1.82, 2.24) is 19.9 Å². The Morgan fingerprint density at radius 2 is 1.84 bits per heavy atom. The van der Waals surface area contributed by atoms with Crippen molar-refractivity contribution < 1.29 is 31.1 Å². The van der Waals surface area contributed by atoms with Crippen LogP contribution in [0.25, 0.3) is 21.8 Å². The number of halogens is 4. The molecule has 1 aliphatic rings. The Labute approximate surface area is 260 Å². The fourth-order valence-electron chi connectivity index (χ4n) is 4.35. The lowest BCUT2D eigenvalue weighted by Crippen LogP contribution is -2.49. The predicted octanol–water partition coefficient (Wildman–Crippen LogP) is 6.05. The standard InChI is InChI=1S/C28H26ClF3N6O4S2/c1-16(2)15-42-28(39)38-12-10-37(11-13-38)27-35-24(25(43-27)21-8-9-33-26(29)34-21)18-4-3-5-20(23(18)32)36-44(40,41)22-14-17(30)6-7-19(22)31/h3-9,14,16,36H,10-13,15H2,1-2H3. The average molecular weight is 667 g/mol. The molecule has 4 aromatic rings. The largest absolute Gasteiger partial charge is 0.449 e. The van der Waals surface area contributed by atoms with Gasteiger partial charge in [0.05, 0.1) is 28.6 Å². The normalized spacial score (nSPS) is 13.8. The van der Waals surface area contributed by atoms with Crippen molar-refractivity contribution in [2.24, 2.45) is 5.92 Å². The SMILES string of the molecule is CC(C)COC(=O)N1CCN(c2nc(-c3cccc(NS(=O)(=O)c4cc(F)ccc4F)c3F)c(-c3ccnc(Cl)n3)s2)CC1. The number of ether oxygens (including phenoxy) is 1. The Morgan fingerprint density at radius 3 is 2.55 bits per heavy atom. The highest BCUT2D eigenvalue weighted by Crippen LogP contribution is 2.42. The summed E-state index contributed by atoms with van der Waals surface area (Å²) < 4.78 is 77.1. The minimum Gasteiger partial charge on any atom is -0.449 e. The number of piperazine rings is 1. The lowest BCUT2D eigenvalue weighted by molar-refractivity contribution is 0.0901. The second-order valence-corrected chi connectivity index (χ2v) is 13.1. The molecule has 0 aliphatic carbocycles. The fourth-order valence-corrected chi connectivity index (χ4v) is 6.75. The third-order valence-corrected chi connectivity index (χ3v) is 9.21. The van der Waals surface area contributed by atoms with Crippen LogP contribution in [0.5, 0.6) is 0 Å². The number of carbonyl (C=O) groups excluding carboxylic acids is 1. The molecule has 0 radical (unpaired) electrons. The number of amides is 1. The van der Waals surface area contributed by atoms with Crippen LogP contribution in [0.2, 0.25) is 5.28 Å². The van der Waals surface area contributed by atoms with Crippen molar-refractivity contribution in [1.29, 1.82) is 0 Å². The number of anilines is 2. The summed E-state index contributed by atoms with van der Waals surface area (Å²) in [6, 6.07) is 7.48. The van der Waals surface area contributed by atoms with E-state index in [1.165, 1.54) is 29.7 Å². The van der Waals surface area contributed by atoms with Crippen LogP contribution < -0.4 is 9.62 Å². The molecule has 1 fully saturated rings. The molecule has 2 aromatic carbocycles. The lowest BCUT2D eigenvalue weighted by Gasteiger charge is -2.34. The van der Waals surface area contributed by atoms with E-state index in [9.17, 15) is 22.0 Å². The quantitative estimate of drug-likeness (QED) is 0.226. The summed E-state index contributed by atoms with van der Waals surface area (Å²) in [5.41, 5.74) is -0.0742. The van der Waals surface area contributed by atoms with Crippen molar-refractivity contribution in [3.8, 4) is 21.8 Å². The number of benzene rings is 2. The minimum atomic E-state index is -4.70. The van der Waals surface area contributed by atoms with Gasteiger partial charge in [0.2, 0.25) is 5.28 Å². The smallest absolute Gasteiger partial charge is 0.409 e. The number of aromatic nitrogens is 3. The Bertz CT molecular complexity index is 1800. The average Bonchev–Trinajstić information content (AvgIpc) is 3.43. The molecule has 1 aliphatic heterocycles. The zero-order chi connectivity index (χ0) is 31.6. The predicted molar refractivity (Wildman–Crippen MR) is 161 cm³/mol. The van der Waals surface area contributed by atoms with Gasteiger partial charge >= 0.3 is 6.09 Å². The summed E-state index contributed by atoms with van der Waals surface area (Å²) in [7, 11) is -4.70. The maximum Gasteiger partial charge on any atom is 0.409 e. The minimum absolute atomic E-state index is 0.0453. The zero-order valence-electron chi connectivity index (χ0n) is 23.4. The highest BCUT2D eigenvalue weighted by Gasteiger charge is 2.28. The highest BCUT2D eigenvalue weighted by molar-refractivity contribution is 7.92. The first kappa shape index (κ1) is 31.5. The van der Waals surface area contributed by atoms with Gasteiger partial charge in [0, 0.05) is 37.9 Å². The number of sulfonamides is 1. The molecule has 0 bridgehead atoms. The summed E-state index contributed by atoms with van der Waals surface area (Å²) >= 11 is 7.25. The molecule has 5 rings (SSSR count). The van der Waals surface area contributed by atoms with Crippen molar-refractivity contribution >= 4 is 49.9 Å². The molecule has 0 unspecified atom stereocenters. The second-order valence-electron chi connectivity index (χ2n) is 10.2. The van der Waals surface area contributed by atoms with Gasteiger partial charge in [-0.1, -0.05) is 31.3 Å². The van der Waals surface area contributed by atoms with Crippen LogP contribution in [0.3, 0.4) is 0 Å². The van der Waals surface area contributed by atoms with Gasteiger partial charge in [-0.2, -0.15) is 0 Å². The molecule has 3 heterocycles. The van der Waals surface area contributed by atoms with E-state index < -0.39 is 44.2 Å². The molecule has 2 aromatic heterocycles. The maximum atomic E-state index is 16.0. The summed E-state index contributed by atoms with van der Waals surface area (Å²) in [6.07, 6.45) is 1.04. The highest BCUT2D eigenvalue weighted by atomic mass is 35.5. The first-order chi connectivity index (χ1) is 20.9. The summed E-state index contributed by atoms with van der Waals surface area (Å²) in [4.78, 5) is 28.3. The van der Waals surface area contributed by atoms with Crippen LogP contribution in [0, 0.1) is 23.4 Å². The van der Waals surface area contributed by atoms with Crippen molar-refractivity contribution in [2.75, 3.05) is 42.4 Å². The molecule has 0 spiro atoms. The van der Waals surface area contributed by atoms with E-state index >= 15 is 4.39 Å². The topological polar surface area (TPSA) is 118 Å². The number of hydrogen-bond donors (Lipinski definition) is 1. The van der Waals surface area contributed by atoms with Crippen LogP contribution in [0.4, 0.5) is 28.8 Å². The van der Waals surface area contributed by atoms with Crippen LogP contribution >= 0.6 is 22.9 Å². The van der Waals surface area contributed by atoms with Crippen LogP contribution in [-0.2, 0) is 14.8 Å². The molecule has 232 valence electrons. The molecule has 1 saturated heterocycles. The maximum absolute atomic E-state index is 16.0. The fraction of sp³-hybridized carbons (Fsp3) is 0.286. The van der Waals surface area contributed by atoms with E-state index in [0.717, 1.165) is 12.1 Å². The Morgan fingerprint density at radius 1 is 1.09 bits per heavy atom. The zero-order valence-corrected chi connectivity index (χ0v) is 25.8. The third-order valence-electron chi connectivity index (χ3n) is 6.50. The summed E-state index contributed by atoms with van der Waals surface area (Å²) in [6.45, 7) is 5.82. The molecule has 1 amide bonds. The Balaban J connectivity index is 1.48. The number of thiazole rings is 1. The summed E-state index contributed by atoms with van der Waals surface area (Å²) in [5.74, 6) is -2.96. The second kappa shape index (κ2) is 13.0. The molecule has 10 nitrogen and oxygen atoms in total. The van der Waals surface area contributed by atoms with E-state index in [1.807, 2.05) is 23.5 Å². The van der Waals surface area contributed by atoms with Gasteiger partial charge in [0.25, 0.3) is 10.0 Å². The van der Waals surface area contributed by atoms with Gasteiger partial charge in [0.1, 0.15) is 16.5 Å². The number of rotatable bonds is 8. The van der Waals surface area contributed by atoms with Gasteiger partial charge in [0.15, 0.2) is 10.9 Å². The number of hydrogen-bond acceptors (Lipinski definition) is 9. The first-order valence-corrected chi connectivity index (χ1v) is 16.0. The van der Waals surface area contributed by atoms with Gasteiger partial charge in [-0.25, -0.2) is 41.3 Å². The van der Waals surface area contributed by atoms with E-state index in [1.54, 1.807) is 11.0 Å². The molecular weight excluding hydrogens is 641 g/mol. The van der Waals surface area contributed by atoms with E-state index in [0.29, 0.717) is 60.6 Å². The lowest BCUT2D eigenvalue weighted by atomic mass is 10.1. The molecule has 0 atom stereocenters. The Kier molecular flexibility index (Phi) is 9.27. The number of nitrogens with zero attached hydrogens (tertiary/aromatic N) is 5. The van der Waals surface area contributed by atoms with Crippen molar-refractivity contribution in [3.63, 3.8) is 0 Å². The van der Waals surface area contributed by atoms with Crippen molar-refractivity contribution in [3.05, 3.63) is 71.4 Å². The summed E-state index contributed by atoms with van der Waals surface area (Å²) in [5, 5.41) is 0.461. The number of nitrogens with one attached hydrogen (secondary N) is 1.